The van der Waals surface area contributed by atoms with Crippen molar-refractivity contribution in [2.24, 2.45) is 0 Å². The molecule has 0 fully saturated rings. The van der Waals surface area contributed by atoms with Gasteiger partial charge < -0.3 is 11.1 Å². The molecule has 0 saturated heterocycles. The van der Waals surface area contributed by atoms with Crippen LogP contribution in [0.1, 0.15) is 23.1 Å². The number of hydrogen-bond acceptors (Lipinski definition) is 5. The summed E-state index contributed by atoms with van der Waals surface area (Å²) in [5.74, 6) is 0. The Bertz CT molecular complexity index is 600. The molecule has 0 aromatic carbocycles. The van der Waals surface area contributed by atoms with Crippen LogP contribution in [-0.2, 0) is 6.42 Å². The maximum absolute atomic E-state index is 11.5. The summed E-state index contributed by atoms with van der Waals surface area (Å²) in [7, 11) is 0. The van der Waals surface area contributed by atoms with Gasteiger partial charge in [-0.1, -0.05) is 6.07 Å². The maximum atomic E-state index is 11.5. The van der Waals surface area contributed by atoms with Crippen LogP contribution in [0.25, 0.3) is 0 Å². The van der Waals surface area contributed by atoms with Gasteiger partial charge in [0.2, 0.25) is 0 Å². The van der Waals surface area contributed by atoms with Crippen LogP contribution >= 0.6 is 11.3 Å². The van der Waals surface area contributed by atoms with E-state index in [1.807, 2.05) is 17.5 Å². The van der Waals surface area contributed by atoms with Crippen LogP contribution in [0.15, 0.2) is 22.3 Å². The highest BCUT2D eigenvalue weighted by molar-refractivity contribution is 7.09. The van der Waals surface area contributed by atoms with Gasteiger partial charge in [-0.15, -0.1) is 11.3 Å². The zero-order chi connectivity index (χ0) is 12.4. The van der Waals surface area contributed by atoms with Crippen molar-refractivity contribution in [2.45, 2.75) is 13.3 Å². The van der Waals surface area contributed by atoms with Gasteiger partial charge in [-0.05, 0) is 18.4 Å². The second-order valence-corrected chi connectivity index (χ2v) is 4.70. The lowest BCUT2D eigenvalue weighted by atomic mass is 10.1. The van der Waals surface area contributed by atoms with Gasteiger partial charge in [0, 0.05) is 17.0 Å². The van der Waals surface area contributed by atoms with Crippen LogP contribution in [-0.4, -0.2) is 15.9 Å². The molecule has 0 bridgehead atoms. The lowest BCUT2D eigenvalue weighted by Gasteiger charge is -2.06. The molecule has 0 saturated carbocycles. The Kier molecular flexibility index (Phi) is 3.06. The summed E-state index contributed by atoms with van der Waals surface area (Å²) in [6.45, 7) is 1.54. The quantitative estimate of drug-likeness (QED) is 0.716. The summed E-state index contributed by atoms with van der Waals surface area (Å²) in [4.78, 5) is 12.6. The molecular formula is C11H12N4OS. The van der Waals surface area contributed by atoms with Crippen LogP contribution in [0, 0.1) is 5.41 Å². The zero-order valence-electron chi connectivity index (χ0n) is 9.28. The van der Waals surface area contributed by atoms with E-state index in [1.54, 1.807) is 11.3 Å². The zero-order valence-corrected chi connectivity index (χ0v) is 10.1. The average Bonchev–Trinajstić information content (AvgIpc) is 2.74. The summed E-state index contributed by atoms with van der Waals surface area (Å²) in [5.41, 5.74) is 6.74. The average molecular weight is 248 g/mol. The largest absolute Gasteiger partial charge is 0.396 e. The Balaban J connectivity index is 2.46. The topological polar surface area (TPSA) is 95.6 Å². The van der Waals surface area contributed by atoms with E-state index in [1.165, 1.54) is 6.92 Å². The molecule has 0 atom stereocenters. The molecule has 2 heterocycles. The standard InChI is InChI=1S/C11H12N4OS/c1-6(12)9-10(13)8(14-15-11(9)16)5-7-3-2-4-17-7/h2-4,12H,5H2,1H3,(H3,13,15,16). The number of anilines is 1. The van der Waals surface area contributed by atoms with Crippen LogP contribution < -0.4 is 11.3 Å². The Morgan fingerprint density at radius 1 is 1.65 bits per heavy atom. The van der Waals surface area contributed by atoms with E-state index in [-0.39, 0.29) is 11.3 Å². The SMILES string of the molecule is CC(=N)c1c(N)c(Cc2cccs2)n[nH]c1=O. The first-order valence-electron chi connectivity index (χ1n) is 5.04. The Morgan fingerprint density at radius 2 is 2.41 bits per heavy atom. The van der Waals surface area contributed by atoms with Gasteiger partial charge >= 0.3 is 0 Å². The van der Waals surface area contributed by atoms with E-state index in [9.17, 15) is 4.79 Å². The van der Waals surface area contributed by atoms with Crippen LogP contribution in [0.4, 0.5) is 5.69 Å². The fraction of sp³-hybridized carbons (Fsp3) is 0.182. The third-order valence-electron chi connectivity index (χ3n) is 2.40. The number of H-pyrrole nitrogens is 1. The van der Waals surface area contributed by atoms with Crippen molar-refractivity contribution in [3.8, 4) is 0 Å². The molecule has 0 aliphatic carbocycles. The van der Waals surface area contributed by atoms with Crippen molar-refractivity contribution in [1.82, 2.24) is 10.2 Å². The first-order valence-corrected chi connectivity index (χ1v) is 5.92. The number of nitrogens with one attached hydrogen (secondary N) is 2. The summed E-state index contributed by atoms with van der Waals surface area (Å²) >= 11 is 1.60. The van der Waals surface area contributed by atoms with Gasteiger partial charge in [-0.2, -0.15) is 5.10 Å². The first-order chi connectivity index (χ1) is 8.09. The van der Waals surface area contributed by atoms with Gasteiger partial charge in [0.1, 0.15) is 0 Å². The number of nitrogen functional groups attached to an aromatic ring is 1. The summed E-state index contributed by atoms with van der Waals surface area (Å²) in [5, 5.41) is 15.8. The lowest BCUT2D eigenvalue weighted by Crippen LogP contribution is -2.22. The molecule has 0 unspecified atom stereocenters. The van der Waals surface area contributed by atoms with E-state index < -0.39 is 5.56 Å². The normalized spacial score (nSPS) is 10.4. The third kappa shape index (κ3) is 2.26. The van der Waals surface area contributed by atoms with Crippen molar-refractivity contribution in [1.29, 1.82) is 5.41 Å². The van der Waals surface area contributed by atoms with E-state index in [0.717, 1.165) is 4.88 Å². The molecule has 0 amide bonds. The fourth-order valence-corrected chi connectivity index (χ4v) is 2.30. The van der Waals surface area contributed by atoms with Gasteiger partial charge in [0.15, 0.2) is 0 Å². The van der Waals surface area contributed by atoms with Crippen molar-refractivity contribution in [2.75, 3.05) is 5.73 Å². The second kappa shape index (κ2) is 4.50. The number of hydrogen-bond donors (Lipinski definition) is 3. The molecule has 2 aromatic heterocycles. The molecule has 88 valence electrons. The molecule has 5 nitrogen and oxygen atoms in total. The van der Waals surface area contributed by atoms with Crippen molar-refractivity contribution >= 4 is 22.7 Å². The first kappa shape index (κ1) is 11.5. The highest BCUT2D eigenvalue weighted by Crippen LogP contribution is 2.18. The molecule has 2 aromatic rings. The predicted octanol–water partition coefficient (Wildman–Crippen LogP) is 1.39. The van der Waals surface area contributed by atoms with Crippen molar-refractivity contribution < 1.29 is 0 Å². The van der Waals surface area contributed by atoms with Gasteiger partial charge in [-0.3, -0.25) is 4.79 Å². The minimum Gasteiger partial charge on any atom is -0.396 e. The molecule has 6 heteroatoms. The predicted molar refractivity (Wildman–Crippen MR) is 68.9 cm³/mol. The van der Waals surface area contributed by atoms with E-state index in [0.29, 0.717) is 17.8 Å². The summed E-state index contributed by atoms with van der Waals surface area (Å²) in [6, 6.07) is 3.93. The van der Waals surface area contributed by atoms with Crippen molar-refractivity contribution in [3.05, 3.63) is 44.0 Å². The highest BCUT2D eigenvalue weighted by atomic mass is 32.1. The smallest absolute Gasteiger partial charge is 0.275 e. The molecule has 2 rings (SSSR count). The number of rotatable bonds is 3. The van der Waals surface area contributed by atoms with Crippen LogP contribution in [0.3, 0.4) is 0 Å². The Hall–Kier alpha value is -1.95. The van der Waals surface area contributed by atoms with Crippen LogP contribution in [0.5, 0.6) is 0 Å². The maximum Gasteiger partial charge on any atom is 0.275 e. The summed E-state index contributed by atoms with van der Waals surface area (Å²) in [6.07, 6.45) is 0.570. The molecule has 17 heavy (non-hydrogen) atoms. The fourth-order valence-electron chi connectivity index (χ4n) is 1.59. The lowest BCUT2D eigenvalue weighted by molar-refractivity contribution is 0.916. The molecule has 0 spiro atoms. The number of nitrogens with two attached hydrogens (primary N) is 1. The minimum absolute atomic E-state index is 0.151. The molecule has 4 N–H and O–H groups in total. The van der Waals surface area contributed by atoms with E-state index >= 15 is 0 Å². The van der Waals surface area contributed by atoms with Gasteiger partial charge in [-0.25, -0.2) is 5.10 Å². The number of nitrogens with zero attached hydrogens (tertiary/aromatic N) is 1. The highest BCUT2D eigenvalue weighted by Gasteiger charge is 2.13. The van der Waals surface area contributed by atoms with E-state index in [4.69, 9.17) is 11.1 Å². The third-order valence-corrected chi connectivity index (χ3v) is 3.27. The number of aromatic amines is 1. The molecule has 0 aliphatic heterocycles. The van der Waals surface area contributed by atoms with Crippen molar-refractivity contribution in [3.63, 3.8) is 0 Å². The Labute approximate surface area is 102 Å². The monoisotopic (exact) mass is 248 g/mol. The molecule has 0 aliphatic rings. The van der Waals surface area contributed by atoms with Gasteiger partial charge in [0.05, 0.1) is 16.9 Å². The van der Waals surface area contributed by atoms with Crippen LogP contribution in [0.2, 0.25) is 0 Å². The number of thiophene rings is 1. The van der Waals surface area contributed by atoms with Gasteiger partial charge in [0.25, 0.3) is 5.56 Å². The molecule has 0 radical (unpaired) electrons. The van der Waals surface area contributed by atoms with E-state index in [2.05, 4.69) is 10.2 Å². The minimum atomic E-state index is -0.412. The Morgan fingerprint density at radius 3 is 3.00 bits per heavy atom. The summed E-state index contributed by atoms with van der Waals surface area (Å²) < 4.78 is 0. The number of aromatic nitrogens is 2. The second-order valence-electron chi connectivity index (χ2n) is 3.67. The molecular weight excluding hydrogens is 236 g/mol.